The second kappa shape index (κ2) is 5.08. The van der Waals surface area contributed by atoms with Gasteiger partial charge in [0, 0.05) is 31.5 Å². The van der Waals surface area contributed by atoms with Gasteiger partial charge < -0.3 is 16.0 Å². The van der Waals surface area contributed by atoms with E-state index in [9.17, 15) is 4.79 Å². The van der Waals surface area contributed by atoms with Gasteiger partial charge in [-0.2, -0.15) is 0 Å². The third-order valence-electron chi connectivity index (χ3n) is 3.27. The van der Waals surface area contributed by atoms with Crippen LogP contribution in [-0.4, -0.2) is 26.0 Å². The van der Waals surface area contributed by atoms with E-state index in [0.29, 0.717) is 0 Å². The second-order valence-electron chi connectivity index (χ2n) is 4.49. The van der Waals surface area contributed by atoms with E-state index in [0.717, 1.165) is 37.3 Å². The van der Waals surface area contributed by atoms with Gasteiger partial charge in [0.25, 0.3) is 0 Å². The highest BCUT2D eigenvalue weighted by Crippen LogP contribution is 2.24. The molecule has 0 aliphatic carbocycles. The maximum absolute atomic E-state index is 11.6. The van der Waals surface area contributed by atoms with Crippen LogP contribution in [-0.2, 0) is 4.79 Å². The number of hydrogen-bond acceptors (Lipinski definition) is 3. The van der Waals surface area contributed by atoms with Crippen LogP contribution in [0.4, 0.5) is 11.4 Å². The fourth-order valence-electron chi connectivity index (χ4n) is 2.35. The molecule has 2 rings (SSSR count). The standard InChI is InChI=1S/C13H19N3O/c1-15-13(17)10-4-3-7-16(9-10)12-6-2-5-11(14)8-12/h2,5-6,8,10H,3-4,7,9,14H2,1H3,(H,15,17). The number of amides is 1. The zero-order valence-corrected chi connectivity index (χ0v) is 10.1. The lowest BCUT2D eigenvalue weighted by Gasteiger charge is -2.33. The van der Waals surface area contributed by atoms with Crippen molar-refractivity contribution in [1.82, 2.24) is 5.32 Å². The molecule has 3 N–H and O–H groups in total. The molecule has 92 valence electrons. The zero-order chi connectivity index (χ0) is 12.3. The summed E-state index contributed by atoms with van der Waals surface area (Å²) in [5.41, 5.74) is 7.66. The van der Waals surface area contributed by atoms with E-state index in [2.05, 4.69) is 10.2 Å². The lowest BCUT2D eigenvalue weighted by atomic mass is 9.96. The summed E-state index contributed by atoms with van der Waals surface area (Å²) in [6.07, 6.45) is 2.02. The first kappa shape index (κ1) is 11.8. The Hall–Kier alpha value is -1.71. The van der Waals surface area contributed by atoms with E-state index in [4.69, 9.17) is 5.73 Å². The van der Waals surface area contributed by atoms with Gasteiger partial charge in [0.15, 0.2) is 0 Å². The molecule has 0 saturated carbocycles. The number of nitrogens with zero attached hydrogens (tertiary/aromatic N) is 1. The molecule has 0 radical (unpaired) electrons. The highest BCUT2D eigenvalue weighted by molar-refractivity contribution is 5.79. The second-order valence-corrected chi connectivity index (χ2v) is 4.49. The molecular formula is C13H19N3O. The molecule has 1 aliphatic rings. The Bertz CT molecular complexity index is 405. The molecule has 1 unspecified atom stereocenters. The number of rotatable bonds is 2. The number of carbonyl (C=O) groups excluding carboxylic acids is 1. The van der Waals surface area contributed by atoms with Gasteiger partial charge >= 0.3 is 0 Å². The van der Waals surface area contributed by atoms with Gasteiger partial charge in [-0.3, -0.25) is 4.79 Å². The van der Waals surface area contributed by atoms with Gasteiger partial charge in [0.05, 0.1) is 5.92 Å². The summed E-state index contributed by atoms with van der Waals surface area (Å²) in [4.78, 5) is 13.9. The first-order valence-electron chi connectivity index (χ1n) is 6.03. The van der Waals surface area contributed by atoms with Crippen LogP contribution >= 0.6 is 0 Å². The van der Waals surface area contributed by atoms with Crippen LogP contribution in [0.2, 0.25) is 0 Å². The molecule has 17 heavy (non-hydrogen) atoms. The topological polar surface area (TPSA) is 58.4 Å². The van der Waals surface area contributed by atoms with Gasteiger partial charge in [0.2, 0.25) is 5.91 Å². The summed E-state index contributed by atoms with van der Waals surface area (Å²) in [6.45, 7) is 1.78. The quantitative estimate of drug-likeness (QED) is 0.755. The monoisotopic (exact) mass is 233 g/mol. The zero-order valence-electron chi connectivity index (χ0n) is 10.1. The number of nitrogen functional groups attached to an aromatic ring is 1. The van der Waals surface area contributed by atoms with Crippen LogP contribution in [0.1, 0.15) is 12.8 Å². The van der Waals surface area contributed by atoms with Crippen molar-refractivity contribution in [3.05, 3.63) is 24.3 Å². The highest BCUT2D eigenvalue weighted by atomic mass is 16.1. The number of carbonyl (C=O) groups is 1. The summed E-state index contributed by atoms with van der Waals surface area (Å²) in [5, 5.41) is 2.73. The van der Waals surface area contributed by atoms with E-state index < -0.39 is 0 Å². The number of benzene rings is 1. The number of hydrogen-bond donors (Lipinski definition) is 2. The summed E-state index contributed by atoms with van der Waals surface area (Å²) < 4.78 is 0. The number of nitrogens with two attached hydrogens (primary N) is 1. The average molecular weight is 233 g/mol. The molecule has 1 atom stereocenters. The maximum atomic E-state index is 11.6. The van der Waals surface area contributed by atoms with E-state index >= 15 is 0 Å². The molecule has 0 aromatic heterocycles. The Morgan fingerprint density at radius 3 is 3.06 bits per heavy atom. The molecule has 1 saturated heterocycles. The molecule has 0 spiro atoms. The molecule has 1 aromatic rings. The van der Waals surface area contributed by atoms with E-state index in [1.54, 1.807) is 7.05 Å². The SMILES string of the molecule is CNC(=O)C1CCCN(c2cccc(N)c2)C1. The lowest BCUT2D eigenvalue weighted by molar-refractivity contribution is -0.124. The van der Waals surface area contributed by atoms with E-state index in [1.807, 2.05) is 24.3 Å². The van der Waals surface area contributed by atoms with Crippen LogP contribution in [0.15, 0.2) is 24.3 Å². The first-order chi connectivity index (χ1) is 8.20. The van der Waals surface area contributed by atoms with Gasteiger partial charge in [0.1, 0.15) is 0 Å². The van der Waals surface area contributed by atoms with Crippen molar-refractivity contribution in [2.45, 2.75) is 12.8 Å². The molecule has 4 nitrogen and oxygen atoms in total. The summed E-state index contributed by atoms with van der Waals surface area (Å²) in [6, 6.07) is 7.84. The van der Waals surface area contributed by atoms with Crippen molar-refractivity contribution in [1.29, 1.82) is 0 Å². The maximum Gasteiger partial charge on any atom is 0.224 e. The van der Waals surface area contributed by atoms with Crippen molar-refractivity contribution in [2.75, 3.05) is 30.8 Å². The molecule has 1 aromatic carbocycles. The fraction of sp³-hybridized carbons (Fsp3) is 0.462. The Labute approximate surface area is 102 Å². The molecule has 1 heterocycles. The Balaban J connectivity index is 2.09. The minimum atomic E-state index is 0.0928. The fourth-order valence-corrected chi connectivity index (χ4v) is 2.35. The highest BCUT2D eigenvalue weighted by Gasteiger charge is 2.25. The van der Waals surface area contributed by atoms with Crippen LogP contribution in [0.25, 0.3) is 0 Å². The largest absolute Gasteiger partial charge is 0.399 e. The Morgan fingerprint density at radius 1 is 1.53 bits per heavy atom. The van der Waals surface area contributed by atoms with Gasteiger partial charge in [-0.05, 0) is 31.0 Å². The predicted octanol–water partition coefficient (Wildman–Crippen LogP) is 1.23. The van der Waals surface area contributed by atoms with Crippen molar-refractivity contribution in [3.8, 4) is 0 Å². The van der Waals surface area contributed by atoms with Gasteiger partial charge in [-0.15, -0.1) is 0 Å². The van der Waals surface area contributed by atoms with Crippen molar-refractivity contribution in [3.63, 3.8) is 0 Å². The van der Waals surface area contributed by atoms with Crippen molar-refractivity contribution < 1.29 is 4.79 Å². The minimum Gasteiger partial charge on any atom is -0.399 e. The lowest BCUT2D eigenvalue weighted by Crippen LogP contribution is -2.42. The van der Waals surface area contributed by atoms with Crippen LogP contribution in [0.3, 0.4) is 0 Å². The predicted molar refractivity (Wildman–Crippen MR) is 69.9 cm³/mol. The molecule has 1 aliphatic heterocycles. The molecule has 0 bridgehead atoms. The van der Waals surface area contributed by atoms with E-state index in [1.165, 1.54) is 0 Å². The Morgan fingerprint density at radius 2 is 2.35 bits per heavy atom. The van der Waals surface area contributed by atoms with Gasteiger partial charge in [-0.25, -0.2) is 0 Å². The average Bonchev–Trinajstić information content (AvgIpc) is 2.38. The molecule has 1 fully saturated rings. The smallest absolute Gasteiger partial charge is 0.224 e. The number of nitrogens with one attached hydrogen (secondary N) is 1. The van der Waals surface area contributed by atoms with Crippen LogP contribution < -0.4 is 16.0 Å². The van der Waals surface area contributed by atoms with Gasteiger partial charge in [-0.1, -0.05) is 6.07 Å². The van der Waals surface area contributed by atoms with Crippen molar-refractivity contribution >= 4 is 17.3 Å². The third-order valence-corrected chi connectivity index (χ3v) is 3.27. The summed E-state index contributed by atoms with van der Waals surface area (Å²) >= 11 is 0. The Kier molecular flexibility index (Phi) is 3.52. The molecule has 4 heteroatoms. The number of piperidine rings is 1. The minimum absolute atomic E-state index is 0.0928. The van der Waals surface area contributed by atoms with Crippen LogP contribution in [0.5, 0.6) is 0 Å². The van der Waals surface area contributed by atoms with Crippen LogP contribution in [0, 0.1) is 5.92 Å². The summed E-state index contributed by atoms with van der Waals surface area (Å²) in [5.74, 6) is 0.230. The first-order valence-corrected chi connectivity index (χ1v) is 6.03. The molecule has 1 amide bonds. The van der Waals surface area contributed by atoms with E-state index in [-0.39, 0.29) is 11.8 Å². The summed E-state index contributed by atoms with van der Waals surface area (Å²) in [7, 11) is 1.70. The normalized spacial score (nSPS) is 20.1. The third kappa shape index (κ3) is 2.70. The van der Waals surface area contributed by atoms with Crippen molar-refractivity contribution in [2.24, 2.45) is 5.92 Å². The molecular weight excluding hydrogens is 214 g/mol. The number of anilines is 2.